The predicted octanol–water partition coefficient (Wildman–Crippen LogP) is 3.91. The lowest BCUT2D eigenvalue weighted by Crippen LogP contribution is -2.23. The number of amides is 1. The molecular weight excluding hydrogens is 372 g/mol. The van der Waals surface area contributed by atoms with E-state index in [-0.39, 0.29) is 23.3 Å². The molecule has 0 unspecified atom stereocenters. The number of hydrogen-bond donors (Lipinski definition) is 2. The summed E-state index contributed by atoms with van der Waals surface area (Å²) >= 11 is 0. The van der Waals surface area contributed by atoms with Crippen LogP contribution in [-0.4, -0.2) is 14.3 Å². The van der Waals surface area contributed by atoms with Gasteiger partial charge in [-0.25, -0.2) is 13.1 Å². The van der Waals surface area contributed by atoms with Crippen molar-refractivity contribution in [1.82, 2.24) is 4.72 Å². The molecule has 0 aromatic heterocycles. The molecular formula is C22H22N2O3S. The van der Waals surface area contributed by atoms with E-state index < -0.39 is 10.0 Å². The molecule has 6 heteroatoms. The van der Waals surface area contributed by atoms with Crippen LogP contribution < -0.4 is 10.0 Å². The van der Waals surface area contributed by atoms with Crippen molar-refractivity contribution in [3.05, 3.63) is 96.1 Å². The predicted molar refractivity (Wildman–Crippen MR) is 110 cm³/mol. The van der Waals surface area contributed by atoms with E-state index in [1.807, 2.05) is 67.6 Å². The normalized spacial score (nSPS) is 12.3. The molecule has 0 aliphatic rings. The Morgan fingerprint density at radius 3 is 2.04 bits per heavy atom. The first-order valence-corrected chi connectivity index (χ1v) is 10.4. The molecule has 0 bridgehead atoms. The monoisotopic (exact) mass is 394 g/mol. The van der Waals surface area contributed by atoms with Crippen LogP contribution in [0.3, 0.4) is 0 Å². The SMILES string of the molecule is C[C@@H](C(=O)Nc1ccc(S(=O)(=O)NCc2ccccc2)cc1)c1ccccc1. The molecule has 3 rings (SSSR count). The van der Waals surface area contributed by atoms with Crippen molar-refractivity contribution < 1.29 is 13.2 Å². The van der Waals surface area contributed by atoms with Crippen molar-refractivity contribution in [2.75, 3.05) is 5.32 Å². The van der Waals surface area contributed by atoms with Crippen molar-refractivity contribution in [3.8, 4) is 0 Å². The third-order valence-electron chi connectivity index (χ3n) is 4.43. The Morgan fingerprint density at radius 2 is 1.43 bits per heavy atom. The summed E-state index contributed by atoms with van der Waals surface area (Å²) in [5.74, 6) is -0.457. The second kappa shape index (κ2) is 8.82. The number of carbonyl (C=O) groups excluding carboxylic acids is 1. The average Bonchev–Trinajstić information content (AvgIpc) is 2.73. The van der Waals surface area contributed by atoms with Crippen molar-refractivity contribution in [2.45, 2.75) is 24.3 Å². The van der Waals surface area contributed by atoms with Crippen LogP contribution in [0, 0.1) is 0 Å². The minimum absolute atomic E-state index is 0.149. The Bertz CT molecular complexity index is 1020. The standard InChI is InChI=1S/C22H22N2O3S/c1-17(19-10-6-3-7-11-19)22(25)24-20-12-14-21(15-13-20)28(26,27)23-16-18-8-4-2-5-9-18/h2-15,17,23H,16H2,1H3,(H,24,25)/t17-/m1/s1. The fraction of sp³-hybridized carbons (Fsp3) is 0.136. The van der Waals surface area contributed by atoms with E-state index in [0.29, 0.717) is 5.69 Å². The fourth-order valence-electron chi connectivity index (χ4n) is 2.72. The van der Waals surface area contributed by atoms with Crippen LogP contribution in [0.1, 0.15) is 24.0 Å². The fourth-order valence-corrected chi connectivity index (χ4v) is 3.74. The number of carbonyl (C=O) groups is 1. The Morgan fingerprint density at radius 1 is 0.857 bits per heavy atom. The summed E-state index contributed by atoms with van der Waals surface area (Å²) in [6.07, 6.45) is 0. The first kappa shape index (κ1) is 19.8. The first-order valence-electron chi connectivity index (χ1n) is 8.95. The molecule has 1 atom stereocenters. The van der Waals surface area contributed by atoms with E-state index in [9.17, 15) is 13.2 Å². The zero-order valence-electron chi connectivity index (χ0n) is 15.5. The summed E-state index contributed by atoms with van der Waals surface area (Å²) in [5.41, 5.74) is 2.35. The molecule has 2 N–H and O–H groups in total. The van der Waals surface area contributed by atoms with Gasteiger partial charge in [0, 0.05) is 12.2 Å². The summed E-state index contributed by atoms with van der Waals surface area (Å²) < 4.78 is 27.4. The van der Waals surface area contributed by atoms with Gasteiger partial charge in [0.1, 0.15) is 0 Å². The van der Waals surface area contributed by atoms with E-state index in [1.165, 1.54) is 12.1 Å². The molecule has 28 heavy (non-hydrogen) atoms. The maximum absolute atomic E-state index is 12.4. The summed E-state index contributed by atoms with van der Waals surface area (Å²) in [6, 6.07) is 24.9. The zero-order valence-corrected chi connectivity index (χ0v) is 16.3. The number of hydrogen-bond acceptors (Lipinski definition) is 3. The Labute approximate surface area is 165 Å². The highest BCUT2D eigenvalue weighted by Gasteiger charge is 2.16. The number of sulfonamides is 1. The molecule has 0 heterocycles. The highest BCUT2D eigenvalue weighted by Crippen LogP contribution is 2.19. The molecule has 144 valence electrons. The van der Waals surface area contributed by atoms with Crippen LogP contribution in [0.5, 0.6) is 0 Å². The van der Waals surface area contributed by atoms with Gasteiger partial charge in [0.25, 0.3) is 0 Å². The molecule has 1 amide bonds. The molecule has 3 aromatic rings. The van der Waals surface area contributed by atoms with E-state index >= 15 is 0 Å². The van der Waals surface area contributed by atoms with Gasteiger partial charge in [-0.2, -0.15) is 0 Å². The van der Waals surface area contributed by atoms with E-state index in [0.717, 1.165) is 11.1 Å². The van der Waals surface area contributed by atoms with Crippen LogP contribution in [0.2, 0.25) is 0 Å². The smallest absolute Gasteiger partial charge is 0.240 e. The lowest BCUT2D eigenvalue weighted by atomic mass is 10.0. The Hall–Kier alpha value is -2.96. The van der Waals surface area contributed by atoms with Crippen molar-refractivity contribution in [2.24, 2.45) is 0 Å². The molecule has 0 fully saturated rings. The Kier molecular flexibility index (Phi) is 6.23. The van der Waals surface area contributed by atoms with Crippen LogP contribution in [-0.2, 0) is 21.4 Å². The maximum Gasteiger partial charge on any atom is 0.240 e. The van der Waals surface area contributed by atoms with Gasteiger partial charge in [-0.15, -0.1) is 0 Å². The minimum atomic E-state index is -3.63. The molecule has 0 aliphatic carbocycles. The second-order valence-electron chi connectivity index (χ2n) is 6.46. The van der Waals surface area contributed by atoms with Gasteiger partial charge in [0.2, 0.25) is 15.9 Å². The highest BCUT2D eigenvalue weighted by atomic mass is 32.2. The van der Waals surface area contributed by atoms with Gasteiger partial charge in [-0.3, -0.25) is 4.79 Å². The van der Waals surface area contributed by atoms with Crippen molar-refractivity contribution in [1.29, 1.82) is 0 Å². The summed E-state index contributed by atoms with van der Waals surface area (Å²) in [4.78, 5) is 12.6. The molecule has 0 aliphatic heterocycles. The van der Waals surface area contributed by atoms with E-state index in [4.69, 9.17) is 0 Å². The first-order chi connectivity index (χ1) is 13.5. The lowest BCUT2D eigenvalue weighted by Gasteiger charge is -2.13. The van der Waals surface area contributed by atoms with Gasteiger partial charge >= 0.3 is 0 Å². The number of rotatable bonds is 7. The van der Waals surface area contributed by atoms with Gasteiger partial charge < -0.3 is 5.32 Å². The van der Waals surface area contributed by atoms with Crippen LogP contribution in [0.15, 0.2) is 89.8 Å². The van der Waals surface area contributed by atoms with E-state index in [2.05, 4.69) is 10.0 Å². The number of benzene rings is 3. The topological polar surface area (TPSA) is 75.3 Å². The third-order valence-corrected chi connectivity index (χ3v) is 5.85. The zero-order chi connectivity index (χ0) is 20.0. The minimum Gasteiger partial charge on any atom is -0.326 e. The van der Waals surface area contributed by atoms with Gasteiger partial charge in [-0.1, -0.05) is 60.7 Å². The van der Waals surface area contributed by atoms with Gasteiger partial charge in [-0.05, 0) is 42.3 Å². The summed E-state index contributed by atoms with van der Waals surface area (Å²) in [6.45, 7) is 2.05. The number of anilines is 1. The van der Waals surface area contributed by atoms with Crippen molar-refractivity contribution >= 4 is 21.6 Å². The molecule has 3 aromatic carbocycles. The van der Waals surface area contributed by atoms with Crippen LogP contribution in [0.25, 0.3) is 0 Å². The molecule has 0 saturated heterocycles. The summed E-state index contributed by atoms with van der Waals surface area (Å²) in [5, 5.41) is 2.82. The van der Waals surface area contributed by atoms with Gasteiger partial charge in [0.05, 0.1) is 10.8 Å². The number of nitrogens with one attached hydrogen (secondary N) is 2. The second-order valence-corrected chi connectivity index (χ2v) is 8.22. The average molecular weight is 394 g/mol. The largest absolute Gasteiger partial charge is 0.326 e. The quantitative estimate of drug-likeness (QED) is 0.638. The van der Waals surface area contributed by atoms with Crippen LogP contribution >= 0.6 is 0 Å². The molecule has 0 radical (unpaired) electrons. The molecule has 5 nitrogen and oxygen atoms in total. The van der Waals surface area contributed by atoms with Gasteiger partial charge in [0.15, 0.2) is 0 Å². The van der Waals surface area contributed by atoms with E-state index in [1.54, 1.807) is 12.1 Å². The summed E-state index contributed by atoms with van der Waals surface area (Å²) in [7, 11) is -3.63. The van der Waals surface area contributed by atoms with Crippen LogP contribution in [0.4, 0.5) is 5.69 Å². The van der Waals surface area contributed by atoms with Crippen molar-refractivity contribution in [3.63, 3.8) is 0 Å². The molecule has 0 spiro atoms. The Balaban J connectivity index is 1.63. The lowest BCUT2D eigenvalue weighted by molar-refractivity contribution is -0.117. The molecule has 0 saturated carbocycles. The maximum atomic E-state index is 12.4. The highest BCUT2D eigenvalue weighted by molar-refractivity contribution is 7.89. The third kappa shape index (κ3) is 5.06.